The number of nitrogens with zero attached hydrogens (tertiary/aromatic N) is 1. The van der Waals surface area contributed by atoms with Crippen molar-refractivity contribution in [3.05, 3.63) is 38.3 Å². The first-order valence-corrected chi connectivity index (χ1v) is 6.69. The molecule has 1 aromatic carbocycles. The van der Waals surface area contributed by atoms with E-state index in [-0.39, 0.29) is 18.1 Å². The summed E-state index contributed by atoms with van der Waals surface area (Å²) in [4.78, 5) is 22.0. The molecule has 1 rings (SSSR count). The molecule has 1 amide bonds. The largest absolute Gasteiger partial charge is 0.355 e. The lowest BCUT2D eigenvalue weighted by Crippen LogP contribution is -2.41. The van der Waals surface area contributed by atoms with E-state index in [0.29, 0.717) is 12.1 Å². The quantitative estimate of drug-likeness (QED) is 0.617. The number of hydrogen-bond acceptors (Lipinski definition) is 4. The normalized spacial score (nSPS) is 11.9. The Hall–Kier alpha value is -1.47. The number of nitro benzene ring substituents is 1. The lowest BCUT2D eigenvalue weighted by Gasteiger charge is -2.13. The van der Waals surface area contributed by atoms with E-state index in [0.717, 1.165) is 4.47 Å². The second-order valence-electron chi connectivity index (χ2n) is 4.03. The van der Waals surface area contributed by atoms with E-state index in [1.54, 1.807) is 19.1 Å². The number of amides is 1. The van der Waals surface area contributed by atoms with Crippen molar-refractivity contribution in [2.75, 3.05) is 6.54 Å². The van der Waals surface area contributed by atoms with E-state index in [1.165, 1.54) is 6.07 Å². The molecular weight excluding hydrogens is 314 g/mol. The second-order valence-corrected chi connectivity index (χ2v) is 4.94. The molecule has 7 heteroatoms. The van der Waals surface area contributed by atoms with Gasteiger partial charge in [-0.3, -0.25) is 14.9 Å². The molecule has 0 saturated carbocycles. The zero-order chi connectivity index (χ0) is 14.4. The van der Waals surface area contributed by atoms with Gasteiger partial charge in [0.2, 0.25) is 5.91 Å². The monoisotopic (exact) mass is 329 g/mol. The Labute approximate surface area is 119 Å². The second kappa shape index (κ2) is 7.20. The van der Waals surface area contributed by atoms with Crippen molar-refractivity contribution < 1.29 is 9.72 Å². The van der Waals surface area contributed by atoms with Gasteiger partial charge >= 0.3 is 0 Å². The van der Waals surface area contributed by atoms with E-state index in [1.807, 2.05) is 6.92 Å². The highest BCUT2D eigenvalue weighted by Crippen LogP contribution is 2.22. The van der Waals surface area contributed by atoms with Crippen LogP contribution < -0.4 is 10.6 Å². The maximum atomic E-state index is 11.5. The maximum Gasteiger partial charge on any atom is 0.273 e. The molecule has 0 bridgehead atoms. The number of benzene rings is 1. The zero-order valence-electron chi connectivity index (χ0n) is 10.8. The summed E-state index contributed by atoms with van der Waals surface area (Å²) in [7, 11) is 0. The van der Waals surface area contributed by atoms with Gasteiger partial charge in [-0.1, -0.05) is 15.9 Å². The van der Waals surface area contributed by atoms with Crippen LogP contribution in [-0.2, 0) is 11.3 Å². The third-order valence-corrected chi connectivity index (χ3v) is 3.07. The molecule has 0 aliphatic heterocycles. The summed E-state index contributed by atoms with van der Waals surface area (Å²) in [6, 6.07) is 4.33. The molecule has 0 spiro atoms. The molecule has 0 radical (unpaired) electrons. The van der Waals surface area contributed by atoms with E-state index >= 15 is 0 Å². The fraction of sp³-hybridized carbons (Fsp3) is 0.417. The van der Waals surface area contributed by atoms with Crippen molar-refractivity contribution in [1.82, 2.24) is 10.6 Å². The third kappa shape index (κ3) is 4.60. The van der Waals surface area contributed by atoms with Gasteiger partial charge in [0.25, 0.3) is 5.69 Å². The van der Waals surface area contributed by atoms with Crippen LogP contribution in [0.25, 0.3) is 0 Å². The van der Waals surface area contributed by atoms with E-state index < -0.39 is 11.0 Å². The van der Waals surface area contributed by atoms with Crippen LogP contribution in [0.3, 0.4) is 0 Å². The maximum absolute atomic E-state index is 11.5. The Morgan fingerprint density at radius 1 is 1.53 bits per heavy atom. The SMILES string of the molecule is CCNC(=O)C(C)NCc1cc(Br)ccc1[N+](=O)[O-]. The summed E-state index contributed by atoms with van der Waals surface area (Å²) in [5.41, 5.74) is 0.578. The number of rotatable bonds is 6. The molecule has 104 valence electrons. The number of halogens is 1. The van der Waals surface area contributed by atoms with Crippen LogP contribution in [0.4, 0.5) is 5.69 Å². The molecule has 0 aliphatic carbocycles. The standard InChI is InChI=1S/C12H16BrN3O3/c1-3-14-12(17)8(2)15-7-9-6-10(13)4-5-11(9)16(18)19/h4-6,8,15H,3,7H2,1-2H3,(H,14,17). The first-order valence-electron chi connectivity index (χ1n) is 5.89. The molecule has 0 heterocycles. The number of carbonyl (C=O) groups is 1. The highest BCUT2D eigenvalue weighted by Gasteiger charge is 2.16. The van der Waals surface area contributed by atoms with E-state index in [2.05, 4.69) is 26.6 Å². The molecule has 19 heavy (non-hydrogen) atoms. The molecular formula is C12H16BrN3O3. The Balaban J connectivity index is 2.74. The number of carbonyl (C=O) groups excluding carboxylic acids is 1. The van der Waals surface area contributed by atoms with Crippen LogP contribution in [0, 0.1) is 10.1 Å². The Bertz CT molecular complexity index is 479. The van der Waals surface area contributed by atoms with Crippen molar-refractivity contribution in [2.45, 2.75) is 26.4 Å². The van der Waals surface area contributed by atoms with Gasteiger partial charge in [0.05, 0.1) is 11.0 Å². The van der Waals surface area contributed by atoms with Crippen LogP contribution in [0.15, 0.2) is 22.7 Å². The first-order chi connectivity index (χ1) is 8.95. The molecule has 6 nitrogen and oxygen atoms in total. The van der Waals surface area contributed by atoms with Crippen molar-refractivity contribution in [2.24, 2.45) is 0 Å². The van der Waals surface area contributed by atoms with Crippen molar-refractivity contribution in [1.29, 1.82) is 0 Å². The summed E-state index contributed by atoms with van der Waals surface area (Å²) in [6.07, 6.45) is 0. The molecule has 0 saturated heterocycles. The lowest BCUT2D eigenvalue weighted by atomic mass is 10.1. The molecule has 0 aromatic heterocycles. The summed E-state index contributed by atoms with van der Waals surface area (Å²) in [5, 5.41) is 16.6. The molecule has 1 unspecified atom stereocenters. The van der Waals surface area contributed by atoms with Crippen molar-refractivity contribution in [3.8, 4) is 0 Å². The van der Waals surface area contributed by atoms with Crippen molar-refractivity contribution >= 4 is 27.5 Å². The molecule has 1 aromatic rings. The van der Waals surface area contributed by atoms with Crippen LogP contribution in [0.2, 0.25) is 0 Å². The van der Waals surface area contributed by atoms with Gasteiger partial charge < -0.3 is 10.6 Å². The number of hydrogen-bond donors (Lipinski definition) is 2. The van der Waals surface area contributed by atoms with Gasteiger partial charge in [-0.15, -0.1) is 0 Å². The van der Waals surface area contributed by atoms with Gasteiger partial charge in [-0.05, 0) is 26.0 Å². The summed E-state index contributed by atoms with van der Waals surface area (Å²) in [5.74, 6) is -0.125. The van der Waals surface area contributed by atoms with Gasteiger partial charge in [-0.25, -0.2) is 0 Å². The lowest BCUT2D eigenvalue weighted by molar-refractivity contribution is -0.385. The minimum atomic E-state index is -0.430. The fourth-order valence-corrected chi connectivity index (χ4v) is 1.97. The fourth-order valence-electron chi connectivity index (χ4n) is 1.56. The van der Waals surface area contributed by atoms with Crippen molar-refractivity contribution in [3.63, 3.8) is 0 Å². The molecule has 0 fully saturated rings. The smallest absolute Gasteiger partial charge is 0.273 e. The van der Waals surface area contributed by atoms with Gasteiger partial charge in [0.15, 0.2) is 0 Å². The van der Waals surface area contributed by atoms with Crippen LogP contribution in [0.5, 0.6) is 0 Å². The average molecular weight is 330 g/mol. The Morgan fingerprint density at radius 2 is 2.21 bits per heavy atom. The minimum Gasteiger partial charge on any atom is -0.355 e. The van der Waals surface area contributed by atoms with Gasteiger partial charge in [0, 0.05) is 29.2 Å². The highest BCUT2D eigenvalue weighted by molar-refractivity contribution is 9.10. The molecule has 1 atom stereocenters. The molecule has 2 N–H and O–H groups in total. The van der Waals surface area contributed by atoms with E-state index in [9.17, 15) is 14.9 Å². The Morgan fingerprint density at radius 3 is 2.79 bits per heavy atom. The summed E-state index contributed by atoms with van der Waals surface area (Å²) >= 11 is 3.28. The highest BCUT2D eigenvalue weighted by atomic mass is 79.9. The van der Waals surface area contributed by atoms with Gasteiger partial charge in [0.1, 0.15) is 0 Å². The van der Waals surface area contributed by atoms with Crippen LogP contribution >= 0.6 is 15.9 Å². The number of nitro groups is 1. The van der Waals surface area contributed by atoms with Crippen LogP contribution in [-0.4, -0.2) is 23.4 Å². The zero-order valence-corrected chi connectivity index (χ0v) is 12.4. The predicted molar refractivity (Wildman–Crippen MR) is 75.8 cm³/mol. The summed E-state index contributed by atoms with van der Waals surface area (Å²) in [6.45, 7) is 4.37. The number of likely N-dealkylation sites (N-methyl/N-ethyl adjacent to an activating group) is 1. The minimum absolute atomic E-state index is 0.0406. The predicted octanol–water partition coefficient (Wildman–Crippen LogP) is 1.97. The summed E-state index contributed by atoms with van der Waals surface area (Å²) < 4.78 is 0.764. The van der Waals surface area contributed by atoms with Crippen LogP contribution in [0.1, 0.15) is 19.4 Å². The average Bonchev–Trinajstić information content (AvgIpc) is 2.35. The first kappa shape index (κ1) is 15.6. The Kier molecular flexibility index (Phi) is 5.91. The van der Waals surface area contributed by atoms with E-state index in [4.69, 9.17) is 0 Å². The molecule has 0 aliphatic rings. The third-order valence-electron chi connectivity index (χ3n) is 2.58. The number of nitrogens with one attached hydrogen (secondary N) is 2. The topological polar surface area (TPSA) is 84.3 Å². The van der Waals surface area contributed by atoms with Gasteiger partial charge in [-0.2, -0.15) is 0 Å².